The van der Waals surface area contributed by atoms with Gasteiger partial charge in [0.15, 0.2) is 0 Å². The Kier molecular flexibility index (Phi) is 5.56. The quantitative estimate of drug-likeness (QED) is 0.458. The fourth-order valence-electron chi connectivity index (χ4n) is 1.75. The van der Waals surface area contributed by atoms with E-state index in [0.717, 1.165) is 10.0 Å². The molecule has 0 spiro atoms. The van der Waals surface area contributed by atoms with Crippen LogP contribution in [0, 0.1) is 11.8 Å². The lowest BCUT2D eigenvalue weighted by Crippen LogP contribution is -2.05. The average Bonchev–Trinajstić information content (AvgIpc) is 2.48. The Labute approximate surface area is 142 Å². The summed E-state index contributed by atoms with van der Waals surface area (Å²) in [5.41, 5.74) is 1.27. The van der Waals surface area contributed by atoms with Crippen LogP contribution >= 0.6 is 15.9 Å². The molecule has 0 unspecified atom stereocenters. The Morgan fingerprint density at radius 1 is 0.913 bits per heavy atom. The molecule has 0 aliphatic rings. The zero-order chi connectivity index (χ0) is 16.8. The molecule has 5 heteroatoms. The third kappa shape index (κ3) is 5.28. The third-order valence-corrected chi connectivity index (χ3v) is 3.18. The lowest BCUT2D eigenvalue weighted by molar-refractivity contribution is -0.133. The number of benzene rings is 2. The summed E-state index contributed by atoms with van der Waals surface area (Å²) >= 11 is 3.36. The summed E-state index contributed by atoms with van der Waals surface area (Å²) in [5, 5.41) is 0. The maximum absolute atomic E-state index is 11.2. The molecule has 2 rings (SSSR count). The van der Waals surface area contributed by atoms with Crippen molar-refractivity contribution in [3.8, 4) is 23.3 Å². The minimum atomic E-state index is -0.447. The van der Waals surface area contributed by atoms with Crippen LogP contribution in [-0.4, -0.2) is 11.9 Å². The highest BCUT2D eigenvalue weighted by Gasteiger charge is 2.08. The second-order valence-electron chi connectivity index (χ2n) is 4.60. The van der Waals surface area contributed by atoms with Crippen LogP contribution in [0.3, 0.4) is 0 Å². The average molecular weight is 373 g/mol. The minimum Gasteiger partial charge on any atom is -0.427 e. The number of esters is 2. The summed E-state index contributed by atoms with van der Waals surface area (Å²) < 4.78 is 11.1. The first-order valence-corrected chi connectivity index (χ1v) is 7.52. The molecule has 23 heavy (non-hydrogen) atoms. The molecule has 0 atom stereocenters. The Bertz CT molecular complexity index is 798. The Hall–Kier alpha value is -2.58. The second kappa shape index (κ2) is 7.61. The van der Waals surface area contributed by atoms with E-state index in [1.54, 1.807) is 18.2 Å². The van der Waals surface area contributed by atoms with Crippen LogP contribution in [0.4, 0.5) is 0 Å². The number of rotatable bonds is 2. The Balaban J connectivity index is 2.38. The second-order valence-corrected chi connectivity index (χ2v) is 5.52. The van der Waals surface area contributed by atoms with Crippen LogP contribution in [0.25, 0.3) is 0 Å². The van der Waals surface area contributed by atoms with Gasteiger partial charge in [-0.2, -0.15) is 0 Å². The molecule has 2 aromatic rings. The molecule has 0 bridgehead atoms. The summed E-state index contributed by atoms with van der Waals surface area (Å²) in [4.78, 5) is 22.2. The number of carbonyl (C=O) groups is 2. The van der Waals surface area contributed by atoms with Crippen molar-refractivity contribution in [3.05, 3.63) is 58.1 Å². The molecule has 0 fully saturated rings. The molecule has 0 aliphatic heterocycles. The zero-order valence-corrected chi connectivity index (χ0v) is 14.1. The van der Waals surface area contributed by atoms with Gasteiger partial charge in [0.1, 0.15) is 11.5 Å². The van der Waals surface area contributed by atoms with E-state index in [0.29, 0.717) is 17.1 Å². The van der Waals surface area contributed by atoms with Crippen molar-refractivity contribution in [3.63, 3.8) is 0 Å². The maximum Gasteiger partial charge on any atom is 0.308 e. The topological polar surface area (TPSA) is 52.6 Å². The summed E-state index contributed by atoms with van der Waals surface area (Å²) in [6.07, 6.45) is 0. The number of halogens is 1. The van der Waals surface area contributed by atoms with Gasteiger partial charge in [0.25, 0.3) is 0 Å². The number of hydrogen-bond acceptors (Lipinski definition) is 4. The van der Waals surface area contributed by atoms with Crippen LogP contribution in [-0.2, 0) is 9.59 Å². The highest BCUT2D eigenvalue weighted by molar-refractivity contribution is 9.10. The van der Waals surface area contributed by atoms with E-state index >= 15 is 0 Å². The molecule has 0 saturated carbocycles. The minimum absolute atomic E-state index is 0.318. The van der Waals surface area contributed by atoms with Crippen molar-refractivity contribution in [2.75, 3.05) is 0 Å². The molecule has 0 radical (unpaired) electrons. The monoisotopic (exact) mass is 372 g/mol. The van der Waals surface area contributed by atoms with Crippen LogP contribution < -0.4 is 9.47 Å². The predicted molar refractivity (Wildman–Crippen MR) is 89.2 cm³/mol. The summed E-state index contributed by atoms with van der Waals surface area (Å²) in [6.45, 7) is 2.62. The van der Waals surface area contributed by atoms with Gasteiger partial charge in [0.05, 0.1) is 5.56 Å². The number of ether oxygens (including phenoxy) is 2. The summed E-state index contributed by atoms with van der Waals surface area (Å²) in [5.74, 6) is 5.69. The number of carbonyl (C=O) groups excluding carboxylic acids is 2. The molecule has 0 aliphatic carbocycles. The van der Waals surface area contributed by atoms with Gasteiger partial charge in [-0.05, 0) is 36.4 Å². The molecule has 0 heterocycles. The van der Waals surface area contributed by atoms with Crippen LogP contribution in [0.5, 0.6) is 11.5 Å². The van der Waals surface area contributed by atoms with Gasteiger partial charge in [-0.25, -0.2) is 0 Å². The maximum atomic E-state index is 11.2. The smallest absolute Gasteiger partial charge is 0.308 e. The van der Waals surface area contributed by atoms with Crippen molar-refractivity contribution in [2.24, 2.45) is 0 Å². The zero-order valence-electron chi connectivity index (χ0n) is 12.6. The van der Waals surface area contributed by atoms with Gasteiger partial charge >= 0.3 is 11.9 Å². The first-order valence-electron chi connectivity index (χ1n) is 6.72. The molecule has 0 amide bonds. The molecule has 116 valence electrons. The molecule has 4 nitrogen and oxygen atoms in total. The normalized spacial score (nSPS) is 9.52. The van der Waals surface area contributed by atoms with Gasteiger partial charge in [0, 0.05) is 30.0 Å². The fourth-order valence-corrected chi connectivity index (χ4v) is 2.02. The van der Waals surface area contributed by atoms with Crippen molar-refractivity contribution in [1.82, 2.24) is 0 Å². The third-order valence-electron chi connectivity index (χ3n) is 2.65. The van der Waals surface area contributed by atoms with Gasteiger partial charge in [-0.1, -0.05) is 27.8 Å². The fraction of sp³-hybridized carbons (Fsp3) is 0.111. The summed E-state index contributed by atoms with van der Waals surface area (Å²) in [6, 6.07) is 12.1. The van der Waals surface area contributed by atoms with E-state index in [2.05, 4.69) is 27.8 Å². The van der Waals surface area contributed by atoms with Gasteiger partial charge in [0.2, 0.25) is 0 Å². The SMILES string of the molecule is CC(=O)Oc1ccc(OC(C)=O)c(C#Cc2ccc(Br)cc2)c1. The van der Waals surface area contributed by atoms with Gasteiger partial charge in [-0.15, -0.1) is 0 Å². The number of hydrogen-bond donors (Lipinski definition) is 0. The van der Waals surface area contributed by atoms with Gasteiger partial charge < -0.3 is 9.47 Å². The Morgan fingerprint density at radius 2 is 1.57 bits per heavy atom. The van der Waals surface area contributed by atoms with E-state index in [-0.39, 0.29) is 0 Å². The molecule has 0 aromatic heterocycles. The Morgan fingerprint density at radius 3 is 2.17 bits per heavy atom. The van der Waals surface area contributed by atoms with E-state index < -0.39 is 11.9 Å². The van der Waals surface area contributed by atoms with E-state index in [9.17, 15) is 9.59 Å². The standard InChI is InChI=1S/C18H13BrO4/c1-12(20)22-17-9-10-18(23-13(2)21)15(11-17)6-3-14-4-7-16(19)8-5-14/h4-5,7-11H,1-2H3. The van der Waals surface area contributed by atoms with Crippen LogP contribution in [0.15, 0.2) is 46.9 Å². The predicted octanol–water partition coefficient (Wildman–Crippen LogP) is 3.70. The lowest BCUT2D eigenvalue weighted by Gasteiger charge is -2.07. The van der Waals surface area contributed by atoms with E-state index in [4.69, 9.17) is 9.47 Å². The van der Waals surface area contributed by atoms with E-state index in [1.807, 2.05) is 24.3 Å². The van der Waals surface area contributed by atoms with Crippen LogP contribution in [0.1, 0.15) is 25.0 Å². The molecular weight excluding hydrogens is 360 g/mol. The largest absolute Gasteiger partial charge is 0.427 e. The molecule has 0 saturated heterocycles. The summed E-state index contributed by atoms with van der Waals surface area (Å²) in [7, 11) is 0. The lowest BCUT2D eigenvalue weighted by atomic mass is 10.1. The first-order chi connectivity index (χ1) is 10.9. The van der Waals surface area contributed by atoms with Crippen molar-refractivity contribution in [1.29, 1.82) is 0 Å². The molecule has 2 aromatic carbocycles. The van der Waals surface area contributed by atoms with Crippen molar-refractivity contribution < 1.29 is 19.1 Å². The van der Waals surface area contributed by atoms with Crippen molar-refractivity contribution in [2.45, 2.75) is 13.8 Å². The van der Waals surface area contributed by atoms with Crippen LogP contribution in [0.2, 0.25) is 0 Å². The van der Waals surface area contributed by atoms with Gasteiger partial charge in [-0.3, -0.25) is 9.59 Å². The van der Waals surface area contributed by atoms with Crippen molar-refractivity contribution >= 4 is 27.9 Å². The van der Waals surface area contributed by atoms with E-state index in [1.165, 1.54) is 13.8 Å². The molecule has 0 N–H and O–H groups in total. The highest BCUT2D eigenvalue weighted by Crippen LogP contribution is 2.24. The first kappa shape index (κ1) is 16.8. The molecular formula is C18H13BrO4. The highest BCUT2D eigenvalue weighted by atomic mass is 79.9.